The highest BCUT2D eigenvalue weighted by atomic mass is 35.5. The number of hydrogen-bond donors (Lipinski definition) is 0. The summed E-state index contributed by atoms with van der Waals surface area (Å²) in [5.41, 5.74) is 6.92. The summed E-state index contributed by atoms with van der Waals surface area (Å²) in [4.78, 5) is 0. The molecule has 2 heterocycles. The summed E-state index contributed by atoms with van der Waals surface area (Å²) in [6.45, 7) is 1.04. The molecule has 0 N–H and O–H groups in total. The van der Waals surface area contributed by atoms with Crippen LogP contribution in [0.5, 0.6) is 11.5 Å². The number of hydrogen-bond acceptors (Lipinski definition) is 2. The summed E-state index contributed by atoms with van der Waals surface area (Å²) in [5, 5.41) is 0. The Morgan fingerprint density at radius 3 is 2.39 bits per heavy atom. The van der Waals surface area contributed by atoms with Gasteiger partial charge in [0.15, 0.2) is 23.8 Å². The number of nitrogens with zero attached hydrogens (tertiary/aromatic N) is 1. The van der Waals surface area contributed by atoms with Crippen LogP contribution in [-0.2, 0) is 12.8 Å². The highest BCUT2D eigenvalue weighted by Gasteiger charge is 2.33. The third-order valence-electron chi connectivity index (χ3n) is 4.76. The van der Waals surface area contributed by atoms with Gasteiger partial charge in [-0.2, -0.15) is 4.58 Å². The third-order valence-corrected chi connectivity index (χ3v) is 4.76. The Hall–Kier alpha value is -2.00. The second-order valence-corrected chi connectivity index (χ2v) is 5.84. The van der Waals surface area contributed by atoms with Gasteiger partial charge in [0.05, 0.1) is 14.2 Å². The van der Waals surface area contributed by atoms with Crippen molar-refractivity contribution >= 4 is 11.4 Å². The van der Waals surface area contributed by atoms with Crippen LogP contribution < -0.4 is 21.9 Å². The average molecular weight is 330 g/mol. The van der Waals surface area contributed by atoms with E-state index >= 15 is 0 Å². The van der Waals surface area contributed by atoms with Gasteiger partial charge in [0.1, 0.15) is 0 Å². The molecule has 0 aliphatic carbocycles. The molecule has 0 radical (unpaired) electrons. The lowest BCUT2D eigenvalue weighted by molar-refractivity contribution is -0.445. The second kappa shape index (κ2) is 6.25. The SMILES string of the molecule is COc1cc2c(cc1OC)C1=[N+](CC2)c2ccccc2CC1.[Cl-]. The summed E-state index contributed by atoms with van der Waals surface area (Å²) >= 11 is 0. The maximum Gasteiger partial charge on any atom is 0.208 e. The van der Waals surface area contributed by atoms with Crippen molar-refractivity contribution in [2.45, 2.75) is 19.3 Å². The average Bonchev–Trinajstić information content (AvgIpc) is 2.59. The minimum Gasteiger partial charge on any atom is -1.00 e. The number of ether oxygens (including phenoxy) is 2. The largest absolute Gasteiger partial charge is 1.00 e. The summed E-state index contributed by atoms with van der Waals surface area (Å²) in [6.07, 6.45) is 3.23. The highest BCUT2D eigenvalue weighted by molar-refractivity contribution is 6.01. The van der Waals surface area contributed by atoms with E-state index in [2.05, 4.69) is 41.0 Å². The van der Waals surface area contributed by atoms with E-state index in [0.717, 1.165) is 37.3 Å². The van der Waals surface area contributed by atoms with E-state index in [1.807, 2.05) is 0 Å². The highest BCUT2D eigenvalue weighted by Crippen LogP contribution is 2.36. The first kappa shape index (κ1) is 15.9. The van der Waals surface area contributed by atoms with E-state index in [1.54, 1.807) is 14.2 Å². The Morgan fingerprint density at radius 2 is 1.61 bits per heavy atom. The zero-order valence-electron chi connectivity index (χ0n) is 13.4. The van der Waals surface area contributed by atoms with Gasteiger partial charge in [-0.3, -0.25) is 0 Å². The molecule has 120 valence electrons. The monoisotopic (exact) mass is 329 g/mol. The number of benzene rings is 2. The van der Waals surface area contributed by atoms with Crippen molar-refractivity contribution in [2.24, 2.45) is 0 Å². The molecule has 4 heteroatoms. The lowest BCUT2D eigenvalue weighted by Crippen LogP contribution is -3.00. The van der Waals surface area contributed by atoms with Gasteiger partial charge in [-0.05, 0) is 24.1 Å². The van der Waals surface area contributed by atoms with E-state index in [9.17, 15) is 0 Å². The first-order chi connectivity index (χ1) is 10.8. The van der Waals surface area contributed by atoms with Crippen LogP contribution in [0.4, 0.5) is 5.69 Å². The summed E-state index contributed by atoms with van der Waals surface area (Å²) < 4.78 is 13.4. The first-order valence-electron chi connectivity index (χ1n) is 7.78. The van der Waals surface area contributed by atoms with Crippen LogP contribution in [0, 0.1) is 0 Å². The zero-order valence-corrected chi connectivity index (χ0v) is 14.2. The summed E-state index contributed by atoms with van der Waals surface area (Å²) in [7, 11) is 3.40. The van der Waals surface area contributed by atoms with Gasteiger partial charge in [0.2, 0.25) is 5.69 Å². The van der Waals surface area contributed by atoms with Gasteiger partial charge in [0.25, 0.3) is 0 Å². The molecule has 0 atom stereocenters. The minimum atomic E-state index is 0. The number of methoxy groups -OCH3 is 2. The van der Waals surface area contributed by atoms with Gasteiger partial charge >= 0.3 is 0 Å². The molecule has 3 nitrogen and oxygen atoms in total. The van der Waals surface area contributed by atoms with Crippen molar-refractivity contribution in [1.29, 1.82) is 0 Å². The van der Waals surface area contributed by atoms with Crippen molar-refractivity contribution < 1.29 is 26.5 Å². The van der Waals surface area contributed by atoms with Crippen LogP contribution in [-0.4, -0.2) is 31.1 Å². The smallest absolute Gasteiger partial charge is 0.208 e. The first-order valence-corrected chi connectivity index (χ1v) is 7.78. The number of fused-ring (bicyclic) bond motifs is 4. The van der Waals surface area contributed by atoms with Crippen LogP contribution >= 0.6 is 0 Å². The van der Waals surface area contributed by atoms with Gasteiger partial charge in [-0.15, -0.1) is 0 Å². The fourth-order valence-electron chi connectivity index (χ4n) is 3.68. The van der Waals surface area contributed by atoms with Crippen LogP contribution in [0.2, 0.25) is 0 Å². The molecule has 0 saturated heterocycles. The zero-order chi connectivity index (χ0) is 15.1. The molecule has 0 saturated carbocycles. The predicted molar refractivity (Wildman–Crippen MR) is 86.9 cm³/mol. The fraction of sp³-hybridized carbons (Fsp3) is 0.316. The molecule has 0 unspecified atom stereocenters. The Bertz CT molecular complexity index is 783. The van der Waals surface area contributed by atoms with Gasteiger partial charge in [0, 0.05) is 30.0 Å². The quantitative estimate of drug-likeness (QED) is 0.741. The maximum atomic E-state index is 5.49. The van der Waals surface area contributed by atoms with E-state index in [4.69, 9.17) is 9.47 Å². The number of halogens is 1. The standard InChI is InChI=1S/C19H20NO2.ClH/c1-21-18-11-14-9-10-20-16-6-4-3-5-13(16)7-8-17(20)15(14)12-19(18)22-2;/h3-6,11-12H,7-10H2,1-2H3;1H/q+1;/p-1. The Morgan fingerprint density at radius 1 is 0.870 bits per heavy atom. The minimum absolute atomic E-state index is 0. The second-order valence-electron chi connectivity index (χ2n) is 5.84. The molecule has 23 heavy (non-hydrogen) atoms. The van der Waals surface area contributed by atoms with E-state index in [-0.39, 0.29) is 12.4 Å². The lowest BCUT2D eigenvalue weighted by atomic mass is 9.89. The van der Waals surface area contributed by atoms with Gasteiger partial charge < -0.3 is 21.9 Å². The van der Waals surface area contributed by atoms with Crippen molar-refractivity contribution in [2.75, 3.05) is 20.8 Å². The third kappa shape index (κ3) is 2.49. The molecule has 0 amide bonds. The van der Waals surface area contributed by atoms with Crippen LogP contribution in [0.25, 0.3) is 0 Å². The molecule has 2 aliphatic rings. The molecule has 4 rings (SSSR count). The van der Waals surface area contributed by atoms with E-state index in [0.29, 0.717) is 0 Å². The van der Waals surface area contributed by atoms with Crippen LogP contribution in [0.15, 0.2) is 36.4 Å². The molecule has 0 aromatic heterocycles. The molecule has 2 aromatic carbocycles. The molecule has 2 aliphatic heterocycles. The normalized spacial score (nSPS) is 15.0. The van der Waals surface area contributed by atoms with Crippen molar-refractivity contribution in [3.63, 3.8) is 0 Å². The molecule has 2 aromatic rings. The fourth-order valence-corrected chi connectivity index (χ4v) is 3.68. The lowest BCUT2D eigenvalue weighted by Gasteiger charge is -2.24. The number of aryl methyl sites for hydroxylation is 1. The number of rotatable bonds is 2. The Balaban J connectivity index is 0.00000156. The predicted octanol–water partition coefficient (Wildman–Crippen LogP) is 0.343. The summed E-state index contributed by atoms with van der Waals surface area (Å²) in [5.74, 6) is 1.64. The van der Waals surface area contributed by atoms with Gasteiger partial charge in [-0.25, -0.2) is 0 Å². The molecular formula is C19H20ClNO2. The van der Waals surface area contributed by atoms with Crippen molar-refractivity contribution in [3.8, 4) is 11.5 Å². The van der Waals surface area contributed by atoms with Crippen LogP contribution in [0.1, 0.15) is 23.1 Å². The molecule has 0 spiro atoms. The van der Waals surface area contributed by atoms with E-state index in [1.165, 1.54) is 28.1 Å². The van der Waals surface area contributed by atoms with Crippen molar-refractivity contribution in [3.05, 3.63) is 53.1 Å². The summed E-state index contributed by atoms with van der Waals surface area (Å²) in [6, 6.07) is 13.0. The molecular weight excluding hydrogens is 310 g/mol. The van der Waals surface area contributed by atoms with E-state index < -0.39 is 0 Å². The Labute approximate surface area is 143 Å². The number of para-hydroxylation sites is 1. The van der Waals surface area contributed by atoms with Crippen LogP contribution in [0.3, 0.4) is 0 Å². The topological polar surface area (TPSA) is 21.5 Å². The van der Waals surface area contributed by atoms with Gasteiger partial charge in [-0.1, -0.05) is 18.2 Å². The maximum absolute atomic E-state index is 5.49. The Kier molecular flexibility index (Phi) is 4.31. The molecule has 0 bridgehead atoms. The van der Waals surface area contributed by atoms with Crippen molar-refractivity contribution in [1.82, 2.24) is 0 Å². The molecule has 0 fully saturated rings.